The van der Waals surface area contributed by atoms with Crippen molar-refractivity contribution >= 4 is 42.7 Å². The van der Waals surface area contributed by atoms with Crippen LogP contribution < -0.4 is 10.3 Å². The molecule has 0 aliphatic carbocycles. The van der Waals surface area contributed by atoms with Crippen LogP contribution in [-0.4, -0.2) is 45.7 Å². The number of aromatic nitrogens is 3. The highest BCUT2D eigenvalue weighted by atomic mass is 32.2. The first-order valence-corrected chi connectivity index (χ1v) is 15.8. The number of benzene rings is 3. The molecule has 214 valence electrons. The number of hydrazine groups is 1. The van der Waals surface area contributed by atoms with E-state index in [9.17, 15) is 21.6 Å². The van der Waals surface area contributed by atoms with Gasteiger partial charge in [0.1, 0.15) is 10.8 Å². The van der Waals surface area contributed by atoms with E-state index in [1.165, 1.54) is 18.2 Å². The Morgan fingerprint density at radius 1 is 1.10 bits per heavy atom. The highest BCUT2D eigenvalue weighted by Gasteiger charge is 2.54. The zero-order chi connectivity index (χ0) is 29.2. The number of halogens is 1. The van der Waals surface area contributed by atoms with Crippen LogP contribution in [0.1, 0.15) is 27.9 Å². The van der Waals surface area contributed by atoms with E-state index in [0.717, 1.165) is 40.3 Å². The lowest BCUT2D eigenvalue weighted by Gasteiger charge is -2.27. The van der Waals surface area contributed by atoms with Gasteiger partial charge in [0.2, 0.25) is 16.5 Å². The number of thiazole rings is 1. The minimum atomic E-state index is -4.20. The van der Waals surface area contributed by atoms with E-state index >= 15 is 0 Å². The summed E-state index contributed by atoms with van der Waals surface area (Å²) in [7, 11) is -2.57. The van der Waals surface area contributed by atoms with Crippen molar-refractivity contribution in [3.05, 3.63) is 100 Å². The minimum absolute atomic E-state index is 0.0231. The van der Waals surface area contributed by atoms with Gasteiger partial charge >= 0.3 is 0 Å². The molecule has 0 bridgehead atoms. The van der Waals surface area contributed by atoms with E-state index in [4.69, 9.17) is 9.15 Å². The largest absolute Gasteiger partial charge is 0.759 e. The summed E-state index contributed by atoms with van der Waals surface area (Å²) >= 11 is -1.50. The molecule has 2 heterocycles. The van der Waals surface area contributed by atoms with Gasteiger partial charge in [-0.15, -0.1) is 21.5 Å². The van der Waals surface area contributed by atoms with E-state index in [1.807, 2.05) is 41.2 Å². The van der Waals surface area contributed by atoms with E-state index in [-0.39, 0.29) is 28.9 Å². The molecule has 0 spiro atoms. The van der Waals surface area contributed by atoms with Gasteiger partial charge in [-0.05, 0) is 46.5 Å². The first-order valence-electron chi connectivity index (χ1n) is 12.0. The van der Waals surface area contributed by atoms with Crippen molar-refractivity contribution in [3.8, 4) is 11.1 Å². The van der Waals surface area contributed by atoms with Gasteiger partial charge in [0.25, 0.3) is 0 Å². The van der Waals surface area contributed by atoms with Crippen molar-refractivity contribution in [1.82, 2.24) is 25.4 Å². The quantitative estimate of drug-likeness (QED) is 0.166. The molecule has 5 rings (SSSR count). The number of methoxy groups -OCH3 is 1. The van der Waals surface area contributed by atoms with Gasteiger partial charge in [0, 0.05) is 24.6 Å². The van der Waals surface area contributed by atoms with Crippen molar-refractivity contribution in [2.45, 2.75) is 17.9 Å². The average Bonchev–Trinajstić information content (AvgIpc) is 3.56. The summed E-state index contributed by atoms with van der Waals surface area (Å²) in [4.78, 5) is 6.61. The number of fused-ring (bicyclic) bond motifs is 1. The predicted molar refractivity (Wildman–Crippen MR) is 150 cm³/mol. The van der Waals surface area contributed by atoms with E-state index < -0.39 is 31.7 Å². The van der Waals surface area contributed by atoms with Crippen molar-refractivity contribution < 1.29 is 30.7 Å². The fraction of sp³-hybridized carbons (Fsp3) is 0.192. The van der Waals surface area contributed by atoms with Crippen molar-refractivity contribution in [2.24, 2.45) is 0 Å². The monoisotopic (exact) mass is 616 g/mol. The summed E-state index contributed by atoms with van der Waals surface area (Å²) in [6.45, 7) is 0.254. The number of ether oxygens (including phenoxy) is 1. The first-order chi connectivity index (χ1) is 19.6. The number of nitrogens with zero attached hydrogens (tertiary/aromatic N) is 3. The van der Waals surface area contributed by atoms with Gasteiger partial charge in [-0.1, -0.05) is 42.5 Å². The fourth-order valence-corrected chi connectivity index (χ4v) is 7.62. The standard InChI is InChI=1S/C26H24FN5O6S3/c1-37-15-16-6-8-17(9-7-16)18-10-11-21-22(12-18)39-25(29-21)26(41(2,35)36,19-4-3-5-20(27)13-19)24-31-30-23(38-24)14-28-32-40(33)34/h3-13,28,32H,14-15H2,1-2H3,(H,33,34)/p-1. The van der Waals surface area contributed by atoms with E-state index in [0.29, 0.717) is 16.8 Å². The smallest absolute Gasteiger partial charge is 0.249 e. The molecule has 2 atom stereocenters. The molecule has 3 aromatic carbocycles. The Morgan fingerprint density at radius 3 is 2.54 bits per heavy atom. The van der Waals surface area contributed by atoms with Crippen LogP contribution in [0.15, 0.2) is 71.1 Å². The van der Waals surface area contributed by atoms with Crippen molar-refractivity contribution in [3.63, 3.8) is 0 Å². The van der Waals surface area contributed by atoms with Gasteiger partial charge in [-0.25, -0.2) is 23.2 Å². The van der Waals surface area contributed by atoms with Crippen molar-refractivity contribution in [1.29, 1.82) is 0 Å². The lowest BCUT2D eigenvalue weighted by Crippen LogP contribution is -2.38. The van der Waals surface area contributed by atoms with Gasteiger partial charge < -0.3 is 13.7 Å². The number of hydrogen-bond acceptors (Lipinski definition) is 11. The van der Waals surface area contributed by atoms with Crippen LogP contribution in [0.2, 0.25) is 0 Å². The molecule has 0 aliphatic heterocycles. The molecule has 0 fully saturated rings. The van der Waals surface area contributed by atoms with Crippen LogP contribution in [0.5, 0.6) is 0 Å². The zero-order valence-corrected chi connectivity index (χ0v) is 24.1. The van der Waals surface area contributed by atoms with Crippen LogP contribution in [0, 0.1) is 5.82 Å². The Bertz CT molecular complexity index is 1830. The maximum absolute atomic E-state index is 14.5. The lowest BCUT2D eigenvalue weighted by molar-refractivity contribution is 0.185. The normalized spacial score (nSPS) is 14.2. The second-order valence-electron chi connectivity index (χ2n) is 8.99. The summed E-state index contributed by atoms with van der Waals surface area (Å²) in [5.41, 5.74) is 5.77. The van der Waals surface area contributed by atoms with Crippen LogP contribution in [0.4, 0.5) is 4.39 Å². The SMILES string of the molecule is COCc1ccc(-c2ccc3nc(C(c4cccc(F)c4)(c4nnc(CNNS(=O)[O-])o4)S(C)(=O)=O)sc3c2)cc1. The second-order valence-corrected chi connectivity index (χ2v) is 12.8. The maximum atomic E-state index is 14.5. The molecule has 0 radical (unpaired) electrons. The van der Waals surface area contributed by atoms with Crippen LogP contribution in [-0.2, 0) is 43.7 Å². The molecular weight excluding hydrogens is 594 g/mol. The summed E-state index contributed by atoms with van der Waals surface area (Å²) in [5.74, 6) is -1.14. The molecular formula is C26H23FN5O6S3-. The van der Waals surface area contributed by atoms with Gasteiger partial charge in [-0.3, -0.25) is 4.21 Å². The zero-order valence-electron chi connectivity index (χ0n) is 21.7. The molecule has 0 saturated carbocycles. The third-order valence-electron chi connectivity index (χ3n) is 6.24. The number of hydrogen-bond donors (Lipinski definition) is 2. The molecule has 5 aromatic rings. The molecule has 0 aliphatic rings. The molecule has 0 amide bonds. The Labute approximate surface area is 241 Å². The van der Waals surface area contributed by atoms with Crippen molar-refractivity contribution in [2.75, 3.05) is 13.4 Å². The summed E-state index contributed by atoms with van der Waals surface area (Å²) in [6.07, 6.45) is 0.987. The Kier molecular flexibility index (Phi) is 8.37. The molecule has 2 N–H and O–H groups in total. The number of rotatable bonds is 11. The fourth-order valence-electron chi connectivity index (χ4n) is 4.43. The van der Waals surface area contributed by atoms with Gasteiger partial charge in [0.15, 0.2) is 9.84 Å². The highest BCUT2D eigenvalue weighted by Crippen LogP contribution is 2.46. The lowest BCUT2D eigenvalue weighted by atomic mass is 9.98. The predicted octanol–water partition coefficient (Wildman–Crippen LogP) is 3.36. The molecule has 0 saturated heterocycles. The van der Waals surface area contributed by atoms with E-state index in [2.05, 4.69) is 20.6 Å². The molecule has 11 nitrogen and oxygen atoms in total. The maximum Gasteiger partial charge on any atom is 0.249 e. The minimum Gasteiger partial charge on any atom is -0.759 e. The average molecular weight is 617 g/mol. The van der Waals surface area contributed by atoms with E-state index in [1.54, 1.807) is 13.2 Å². The Morgan fingerprint density at radius 2 is 1.85 bits per heavy atom. The third-order valence-corrected chi connectivity index (χ3v) is 9.53. The number of sulfone groups is 1. The van der Waals surface area contributed by atoms with Gasteiger partial charge in [0.05, 0.1) is 23.4 Å². The van der Waals surface area contributed by atoms with Crippen LogP contribution >= 0.6 is 11.3 Å². The van der Waals surface area contributed by atoms with Crippen LogP contribution in [0.25, 0.3) is 21.3 Å². The third kappa shape index (κ3) is 5.83. The summed E-state index contributed by atoms with van der Waals surface area (Å²) < 4.78 is 73.0. The van der Waals surface area contributed by atoms with Gasteiger partial charge in [-0.2, -0.15) is 4.83 Å². The topological polar surface area (TPSA) is 159 Å². The summed E-state index contributed by atoms with van der Waals surface area (Å²) in [5, 5.41) is 7.97. The molecule has 2 aromatic heterocycles. The summed E-state index contributed by atoms with van der Waals surface area (Å²) in [6, 6.07) is 18.5. The Balaban J connectivity index is 1.66. The highest BCUT2D eigenvalue weighted by molar-refractivity contribution is 7.92. The molecule has 41 heavy (non-hydrogen) atoms. The first kappa shape index (κ1) is 29.1. The Hall–Kier alpha value is -3.44. The van der Waals surface area contributed by atoms with Crippen LogP contribution in [0.3, 0.4) is 0 Å². The number of nitrogens with one attached hydrogen (secondary N) is 2. The molecule has 2 unspecified atom stereocenters. The second kappa shape index (κ2) is 11.8. The molecule has 15 heteroatoms.